The molecule has 0 aliphatic heterocycles. The topological polar surface area (TPSA) is 21.3 Å². The lowest BCUT2D eigenvalue weighted by molar-refractivity contribution is 0.0632. The second-order valence-corrected chi connectivity index (χ2v) is 6.55. The van der Waals surface area contributed by atoms with E-state index in [0.717, 1.165) is 6.61 Å². The Morgan fingerprint density at radius 2 is 2.06 bits per heavy atom. The van der Waals surface area contributed by atoms with Gasteiger partial charge >= 0.3 is 0 Å². The number of hydrogen-bond donors (Lipinski definition) is 1. The first-order chi connectivity index (χ1) is 8.70. The molecule has 1 N–H and O–H groups in total. The molecular weight excluding hydrogens is 242 g/mol. The third kappa shape index (κ3) is 3.56. The molecular formula is C15H25NOS. The molecule has 0 saturated carbocycles. The first-order valence-electron chi connectivity index (χ1n) is 7.11. The summed E-state index contributed by atoms with van der Waals surface area (Å²) in [5.41, 5.74) is 1.59. The van der Waals surface area contributed by atoms with Crippen molar-refractivity contribution in [1.29, 1.82) is 0 Å². The van der Waals surface area contributed by atoms with E-state index in [2.05, 4.69) is 25.2 Å². The van der Waals surface area contributed by atoms with E-state index < -0.39 is 0 Å². The van der Waals surface area contributed by atoms with E-state index in [0.29, 0.717) is 12.1 Å². The number of nitrogens with one attached hydrogen (secondary N) is 1. The normalized spacial score (nSPS) is 17.6. The van der Waals surface area contributed by atoms with Crippen LogP contribution < -0.4 is 5.32 Å². The molecule has 2 nitrogen and oxygen atoms in total. The van der Waals surface area contributed by atoms with Gasteiger partial charge in [-0.15, -0.1) is 11.3 Å². The van der Waals surface area contributed by atoms with E-state index in [1.54, 1.807) is 10.4 Å². The Bertz CT molecular complexity index is 349. The van der Waals surface area contributed by atoms with Gasteiger partial charge in [0.15, 0.2) is 0 Å². The molecule has 2 rings (SSSR count). The quantitative estimate of drug-likeness (QED) is 0.821. The van der Waals surface area contributed by atoms with Gasteiger partial charge in [-0.2, -0.15) is 0 Å². The highest BCUT2D eigenvalue weighted by Crippen LogP contribution is 2.32. The molecule has 0 saturated heterocycles. The summed E-state index contributed by atoms with van der Waals surface area (Å²) in [5.74, 6) is 0. The van der Waals surface area contributed by atoms with E-state index >= 15 is 0 Å². The molecule has 0 aromatic carbocycles. The molecule has 1 aliphatic carbocycles. The minimum Gasteiger partial charge on any atom is -0.377 e. The number of hydrogen-bond acceptors (Lipinski definition) is 3. The maximum absolute atomic E-state index is 5.75. The Morgan fingerprint density at radius 3 is 2.78 bits per heavy atom. The summed E-state index contributed by atoms with van der Waals surface area (Å²) >= 11 is 1.99. The van der Waals surface area contributed by atoms with Gasteiger partial charge in [-0.3, -0.25) is 0 Å². The molecule has 18 heavy (non-hydrogen) atoms. The zero-order valence-corrected chi connectivity index (χ0v) is 12.6. The van der Waals surface area contributed by atoms with Crippen LogP contribution in [0.3, 0.4) is 0 Å². The second kappa shape index (κ2) is 6.69. The molecule has 1 heterocycles. The zero-order valence-electron chi connectivity index (χ0n) is 11.8. The maximum Gasteiger partial charge on any atom is 0.0672 e. The second-order valence-electron chi connectivity index (χ2n) is 5.38. The van der Waals surface area contributed by atoms with Crippen molar-refractivity contribution in [2.24, 2.45) is 0 Å². The van der Waals surface area contributed by atoms with Crippen LogP contribution in [0.4, 0.5) is 0 Å². The highest BCUT2D eigenvalue weighted by molar-refractivity contribution is 7.12. The molecule has 3 heteroatoms. The Balaban J connectivity index is 2.06. The average molecular weight is 267 g/mol. The van der Waals surface area contributed by atoms with E-state index in [4.69, 9.17) is 4.74 Å². The van der Waals surface area contributed by atoms with E-state index in [1.165, 1.54) is 37.0 Å². The molecule has 1 aliphatic rings. The minimum absolute atomic E-state index is 0.304. The Kier molecular flexibility index (Phi) is 5.22. The SMILES string of the molecule is CNC(COC(C)C)c1cc2c(s1)CCCCC2. The number of aryl methyl sites for hydroxylation is 2. The van der Waals surface area contributed by atoms with Crippen molar-refractivity contribution in [2.75, 3.05) is 13.7 Å². The summed E-state index contributed by atoms with van der Waals surface area (Å²) in [4.78, 5) is 3.07. The molecule has 102 valence electrons. The molecule has 0 fully saturated rings. The number of rotatable bonds is 5. The fraction of sp³-hybridized carbons (Fsp3) is 0.733. The smallest absolute Gasteiger partial charge is 0.0672 e. The highest BCUT2D eigenvalue weighted by atomic mass is 32.1. The van der Waals surface area contributed by atoms with E-state index in [1.807, 2.05) is 18.4 Å². The third-order valence-corrected chi connectivity index (χ3v) is 4.90. The number of fused-ring (bicyclic) bond motifs is 1. The molecule has 1 aromatic heterocycles. The fourth-order valence-electron chi connectivity index (χ4n) is 2.46. The van der Waals surface area contributed by atoms with Crippen LogP contribution in [0.1, 0.15) is 54.5 Å². The maximum atomic E-state index is 5.75. The molecule has 0 amide bonds. The van der Waals surface area contributed by atoms with Crippen LogP contribution in [0.2, 0.25) is 0 Å². The van der Waals surface area contributed by atoms with Gasteiger partial charge in [-0.05, 0) is 58.2 Å². The van der Waals surface area contributed by atoms with Crippen LogP contribution >= 0.6 is 11.3 Å². The summed E-state index contributed by atoms with van der Waals surface area (Å²) in [6, 6.07) is 2.76. The Morgan fingerprint density at radius 1 is 1.28 bits per heavy atom. The van der Waals surface area contributed by atoms with E-state index in [-0.39, 0.29) is 0 Å². The van der Waals surface area contributed by atoms with Gasteiger partial charge in [-0.1, -0.05) is 6.42 Å². The fourth-order valence-corrected chi connectivity index (χ4v) is 3.81. The van der Waals surface area contributed by atoms with Gasteiger partial charge < -0.3 is 10.1 Å². The predicted octanol–water partition coefficient (Wildman–Crippen LogP) is 3.70. The molecule has 0 bridgehead atoms. The Labute approximate surface area is 115 Å². The molecule has 1 unspecified atom stereocenters. The third-order valence-electron chi connectivity index (χ3n) is 3.55. The lowest BCUT2D eigenvalue weighted by Crippen LogP contribution is -2.22. The van der Waals surface area contributed by atoms with Crippen molar-refractivity contribution in [2.45, 2.75) is 58.1 Å². The monoisotopic (exact) mass is 267 g/mol. The Hall–Kier alpha value is -0.380. The molecule has 1 atom stereocenters. The van der Waals surface area contributed by atoms with Gasteiger partial charge in [0.25, 0.3) is 0 Å². The van der Waals surface area contributed by atoms with Crippen molar-refractivity contribution in [1.82, 2.24) is 5.32 Å². The van der Waals surface area contributed by atoms with Gasteiger partial charge in [0, 0.05) is 9.75 Å². The van der Waals surface area contributed by atoms with E-state index in [9.17, 15) is 0 Å². The summed E-state index contributed by atoms with van der Waals surface area (Å²) in [6.45, 7) is 4.96. The van der Waals surface area contributed by atoms with Crippen molar-refractivity contribution < 1.29 is 4.74 Å². The van der Waals surface area contributed by atoms with Crippen LogP contribution in [-0.2, 0) is 17.6 Å². The molecule has 0 spiro atoms. The van der Waals surface area contributed by atoms with Gasteiger partial charge in [0.2, 0.25) is 0 Å². The summed E-state index contributed by atoms with van der Waals surface area (Å²) in [7, 11) is 2.03. The van der Waals surface area contributed by atoms with Gasteiger partial charge in [0.1, 0.15) is 0 Å². The van der Waals surface area contributed by atoms with Gasteiger partial charge in [-0.25, -0.2) is 0 Å². The van der Waals surface area contributed by atoms with Crippen LogP contribution in [0.25, 0.3) is 0 Å². The number of thiophene rings is 1. The number of likely N-dealkylation sites (N-methyl/N-ethyl adjacent to an activating group) is 1. The first kappa shape index (κ1) is 14.0. The average Bonchev–Trinajstić information content (AvgIpc) is 2.61. The van der Waals surface area contributed by atoms with Gasteiger partial charge in [0.05, 0.1) is 18.8 Å². The van der Waals surface area contributed by atoms with Crippen LogP contribution in [0.15, 0.2) is 6.07 Å². The minimum atomic E-state index is 0.304. The largest absolute Gasteiger partial charge is 0.377 e. The number of ether oxygens (including phenoxy) is 1. The molecule has 0 radical (unpaired) electrons. The summed E-state index contributed by atoms with van der Waals surface area (Å²) in [6.07, 6.45) is 6.96. The van der Waals surface area contributed by atoms with Crippen molar-refractivity contribution in [3.63, 3.8) is 0 Å². The first-order valence-corrected chi connectivity index (χ1v) is 7.92. The van der Waals surface area contributed by atoms with Crippen LogP contribution in [0, 0.1) is 0 Å². The standard InChI is InChI=1S/C15H25NOS/c1-11(2)17-10-13(16-3)15-9-12-7-5-4-6-8-14(12)18-15/h9,11,13,16H,4-8,10H2,1-3H3. The van der Waals surface area contributed by atoms with Crippen molar-refractivity contribution in [3.05, 3.63) is 21.4 Å². The highest BCUT2D eigenvalue weighted by Gasteiger charge is 2.17. The predicted molar refractivity (Wildman–Crippen MR) is 78.5 cm³/mol. The van der Waals surface area contributed by atoms with Crippen LogP contribution in [-0.4, -0.2) is 19.8 Å². The van der Waals surface area contributed by atoms with Crippen LogP contribution in [0.5, 0.6) is 0 Å². The summed E-state index contributed by atoms with van der Waals surface area (Å²) in [5, 5.41) is 3.38. The van der Waals surface area contributed by atoms with Crippen molar-refractivity contribution in [3.8, 4) is 0 Å². The van der Waals surface area contributed by atoms with Crippen molar-refractivity contribution >= 4 is 11.3 Å². The summed E-state index contributed by atoms with van der Waals surface area (Å²) < 4.78 is 5.75. The molecule has 1 aromatic rings. The lowest BCUT2D eigenvalue weighted by atomic mass is 10.1. The zero-order chi connectivity index (χ0) is 13.0. The lowest BCUT2D eigenvalue weighted by Gasteiger charge is -2.16.